The van der Waals surface area contributed by atoms with Gasteiger partial charge in [-0.25, -0.2) is 4.98 Å². The highest BCUT2D eigenvalue weighted by Gasteiger charge is 2.49. The molecular weight excluding hydrogens is 654 g/mol. The van der Waals surface area contributed by atoms with Gasteiger partial charge in [0.15, 0.2) is 0 Å². The second-order valence-electron chi connectivity index (χ2n) is 8.72. The first-order valence-electron chi connectivity index (χ1n) is 12.3. The highest BCUT2D eigenvalue weighted by atomic mass is 32.2. The van der Waals surface area contributed by atoms with Crippen LogP contribution < -0.4 is 9.74 Å². The molecule has 6 aromatic rings. The van der Waals surface area contributed by atoms with Gasteiger partial charge in [-0.3, -0.25) is 4.79 Å². The summed E-state index contributed by atoms with van der Waals surface area (Å²) in [6.45, 7) is 0. The van der Waals surface area contributed by atoms with Crippen LogP contribution >= 0.6 is 22.7 Å². The van der Waals surface area contributed by atoms with E-state index in [0.29, 0.717) is 21.7 Å². The Balaban J connectivity index is 0.000000186. The highest BCUT2D eigenvalue weighted by Crippen LogP contribution is 2.37. The quantitative estimate of drug-likeness (QED) is 0.141. The Morgan fingerprint density at radius 3 is 1.93 bits per heavy atom. The molecule has 0 aliphatic heterocycles. The minimum absolute atomic E-state index is 0.0988. The third-order valence-electron chi connectivity index (χ3n) is 5.94. The lowest BCUT2D eigenvalue weighted by atomic mass is 10.0. The fourth-order valence-electron chi connectivity index (χ4n) is 3.92. The van der Waals surface area contributed by atoms with Crippen molar-refractivity contribution in [2.75, 3.05) is 0 Å². The second kappa shape index (κ2) is 12.7. The van der Waals surface area contributed by atoms with Crippen LogP contribution in [0.1, 0.15) is 11.1 Å². The van der Waals surface area contributed by atoms with Crippen molar-refractivity contribution in [3.8, 4) is 61.4 Å². The Labute approximate surface area is 260 Å². The monoisotopic (exact) mass is 668 g/mol. The molecule has 226 valence electrons. The van der Waals surface area contributed by atoms with Gasteiger partial charge in [0.05, 0.1) is 46.2 Å². The molecule has 0 aliphatic carbocycles. The number of halogens is 3. The Hall–Kier alpha value is -5.42. The minimum atomic E-state index is -5.99. The van der Waals surface area contributed by atoms with E-state index in [1.54, 1.807) is 35.7 Å². The zero-order valence-electron chi connectivity index (χ0n) is 22.2. The first-order valence-corrected chi connectivity index (χ1v) is 15.5. The molecule has 0 saturated carbocycles. The number of nitrogens with zero attached hydrogens (tertiary/aromatic N) is 3. The van der Waals surface area contributed by atoms with Crippen molar-refractivity contribution in [3.63, 3.8) is 0 Å². The van der Waals surface area contributed by atoms with Crippen molar-refractivity contribution in [3.05, 3.63) is 106 Å². The van der Waals surface area contributed by atoms with Crippen LogP contribution in [0.25, 0.3) is 43.4 Å². The summed E-state index contributed by atoms with van der Waals surface area (Å²) in [5.74, 6) is -0.952. The van der Waals surface area contributed by atoms with Crippen molar-refractivity contribution in [1.29, 1.82) is 10.5 Å². The number of nitrogens with one attached hydrogen (secondary N) is 1. The molecule has 6 aromatic heterocycles. The fraction of sp³-hybridized carbons (Fsp3) is 0.0345. The van der Waals surface area contributed by atoms with Gasteiger partial charge in [0.25, 0.3) is 11.4 Å². The lowest BCUT2D eigenvalue weighted by Gasteiger charge is -2.13. The van der Waals surface area contributed by atoms with Gasteiger partial charge in [0.2, 0.25) is 0 Å². The number of nitriles is 2. The summed E-state index contributed by atoms with van der Waals surface area (Å²) in [4.78, 5) is 20.0. The van der Waals surface area contributed by atoms with Gasteiger partial charge in [-0.1, -0.05) is 12.1 Å². The summed E-state index contributed by atoms with van der Waals surface area (Å²) in [7, 11) is -5.99. The SMILES string of the molecule is N#Cc1c(-c2ccoc2)cc(-c2cccs2)[nH]c1=O.N#Cc1c(-c2ccoc2)cc(-c2cccs2)nc1OS(=O)(=O)C(F)(F)F. The van der Waals surface area contributed by atoms with Gasteiger partial charge < -0.3 is 18.0 Å². The lowest BCUT2D eigenvalue weighted by Crippen LogP contribution is -2.28. The van der Waals surface area contributed by atoms with E-state index in [1.165, 1.54) is 59.9 Å². The third kappa shape index (κ3) is 6.58. The molecular formula is C29H15F3N4O6S3. The zero-order chi connectivity index (χ0) is 32.2. The molecule has 0 amide bonds. The van der Waals surface area contributed by atoms with E-state index in [-0.39, 0.29) is 22.4 Å². The maximum atomic E-state index is 12.7. The Morgan fingerprint density at radius 1 is 0.867 bits per heavy atom. The summed E-state index contributed by atoms with van der Waals surface area (Å²) in [5, 5.41) is 22.1. The van der Waals surface area contributed by atoms with E-state index in [1.807, 2.05) is 23.6 Å². The lowest BCUT2D eigenvalue weighted by molar-refractivity contribution is -0.0501. The van der Waals surface area contributed by atoms with Gasteiger partial charge in [-0.05, 0) is 47.2 Å². The topological polar surface area (TPSA) is 163 Å². The van der Waals surface area contributed by atoms with Gasteiger partial charge in [0, 0.05) is 22.3 Å². The van der Waals surface area contributed by atoms with Crippen LogP contribution in [0.2, 0.25) is 0 Å². The summed E-state index contributed by atoms with van der Waals surface area (Å²) < 4.78 is 74.8. The molecule has 0 saturated heterocycles. The smallest absolute Gasteiger partial charge is 0.472 e. The van der Waals surface area contributed by atoms with E-state index < -0.39 is 27.1 Å². The number of alkyl halides is 3. The van der Waals surface area contributed by atoms with E-state index in [9.17, 15) is 31.6 Å². The number of rotatable bonds is 6. The van der Waals surface area contributed by atoms with E-state index in [2.05, 4.69) is 14.2 Å². The maximum absolute atomic E-state index is 12.7. The molecule has 10 nitrogen and oxygen atoms in total. The van der Waals surface area contributed by atoms with Gasteiger partial charge >= 0.3 is 15.6 Å². The Bertz CT molecular complexity index is 2180. The highest BCUT2D eigenvalue weighted by molar-refractivity contribution is 7.88. The molecule has 0 atom stereocenters. The first kappa shape index (κ1) is 31.0. The summed E-state index contributed by atoms with van der Waals surface area (Å²) in [5.41, 5.74) is -3.74. The maximum Gasteiger partial charge on any atom is 0.534 e. The van der Waals surface area contributed by atoms with Gasteiger partial charge in [0.1, 0.15) is 23.3 Å². The van der Waals surface area contributed by atoms with Crippen LogP contribution in [0.3, 0.4) is 0 Å². The normalized spacial score (nSPS) is 11.2. The third-order valence-corrected chi connectivity index (χ3v) is 8.68. The van der Waals surface area contributed by atoms with Crippen LogP contribution in [-0.2, 0) is 10.1 Å². The van der Waals surface area contributed by atoms with Crippen LogP contribution in [0.4, 0.5) is 13.2 Å². The van der Waals surface area contributed by atoms with Gasteiger partial charge in [-0.15, -0.1) is 22.7 Å². The molecule has 6 rings (SSSR count). The van der Waals surface area contributed by atoms with E-state index >= 15 is 0 Å². The Kier molecular flexibility index (Phi) is 8.73. The summed E-state index contributed by atoms with van der Waals surface area (Å²) in [6, 6.07) is 17.2. The molecule has 0 spiro atoms. The number of hydrogen-bond donors (Lipinski definition) is 1. The molecule has 0 radical (unpaired) electrons. The van der Waals surface area contributed by atoms with Gasteiger partial charge in [-0.2, -0.15) is 32.1 Å². The summed E-state index contributed by atoms with van der Waals surface area (Å²) >= 11 is 2.76. The predicted octanol–water partition coefficient (Wildman–Crippen LogP) is 7.41. The molecule has 16 heteroatoms. The van der Waals surface area contributed by atoms with Crippen molar-refractivity contribution in [2.24, 2.45) is 0 Å². The number of thiophene rings is 2. The Morgan fingerprint density at radius 2 is 1.44 bits per heavy atom. The first-order chi connectivity index (χ1) is 21.5. The molecule has 0 bridgehead atoms. The molecule has 1 N–H and O–H groups in total. The fourth-order valence-corrected chi connectivity index (χ4v) is 5.72. The average molecular weight is 669 g/mol. The molecule has 6 heterocycles. The van der Waals surface area contributed by atoms with Crippen molar-refractivity contribution < 1.29 is 34.6 Å². The number of H-pyrrole nitrogens is 1. The van der Waals surface area contributed by atoms with Crippen LogP contribution in [0, 0.1) is 22.7 Å². The van der Waals surface area contributed by atoms with Crippen molar-refractivity contribution in [1.82, 2.24) is 9.97 Å². The molecule has 0 aromatic carbocycles. The molecule has 0 fully saturated rings. The number of pyridine rings is 2. The van der Waals surface area contributed by atoms with E-state index in [4.69, 9.17) is 14.1 Å². The number of furan rings is 2. The molecule has 0 unspecified atom stereocenters. The average Bonchev–Trinajstić information content (AvgIpc) is 3.84. The van der Waals surface area contributed by atoms with Crippen LogP contribution in [-0.4, -0.2) is 23.9 Å². The van der Waals surface area contributed by atoms with Crippen molar-refractivity contribution >= 4 is 32.8 Å². The minimum Gasteiger partial charge on any atom is -0.472 e. The largest absolute Gasteiger partial charge is 0.534 e. The van der Waals surface area contributed by atoms with E-state index in [0.717, 1.165) is 10.4 Å². The number of aromatic amines is 1. The van der Waals surface area contributed by atoms with Crippen molar-refractivity contribution in [2.45, 2.75) is 5.51 Å². The second-order valence-corrected chi connectivity index (χ2v) is 12.2. The van der Waals surface area contributed by atoms with Crippen LogP contribution in [0.5, 0.6) is 5.88 Å². The zero-order valence-corrected chi connectivity index (χ0v) is 24.7. The van der Waals surface area contributed by atoms with Crippen LogP contribution in [0.15, 0.2) is 98.0 Å². The standard InChI is InChI=1S/C15H7F3N2O4S2.C14H8N2O2S/c16-15(17,18)26(21,22)24-14-11(7-19)10(9-3-4-23-8-9)6-12(20-14)13-2-1-5-25-13;15-7-11-10(9-3-4-18-8-9)6-12(16-14(11)17)13-2-1-5-19-13/h1-6,8H;1-6,8H,(H,16,17). The molecule has 0 aliphatic rings. The molecule has 45 heavy (non-hydrogen) atoms. The predicted molar refractivity (Wildman–Crippen MR) is 158 cm³/mol. The number of hydrogen-bond acceptors (Lipinski definition) is 11. The summed E-state index contributed by atoms with van der Waals surface area (Å²) in [6.07, 6.45) is 5.60. The number of aromatic nitrogens is 2.